The maximum absolute atomic E-state index is 13.0. The minimum absolute atomic E-state index is 0.0140. The zero-order chi connectivity index (χ0) is 21.1. The van der Waals surface area contributed by atoms with Crippen LogP contribution in [0.1, 0.15) is 35.6 Å². The first-order valence-electron chi connectivity index (χ1n) is 10.1. The lowest BCUT2D eigenvalue weighted by atomic mass is 9.67. The SMILES string of the molecule is Cc1ccccc1[C@H]1NCCC[C@]12C(=O)Nc1cc(Cl)ccc12.Clc1ccccc1. The molecule has 3 aromatic rings. The molecule has 0 bridgehead atoms. The number of benzene rings is 3. The maximum atomic E-state index is 13.0. The fourth-order valence-electron chi connectivity index (χ4n) is 4.53. The molecule has 0 aliphatic carbocycles. The van der Waals surface area contributed by atoms with E-state index in [0.29, 0.717) is 5.02 Å². The summed E-state index contributed by atoms with van der Waals surface area (Å²) in [5.74, 6) is 0.0789. The van der Waals surface area contributed by atoms with Crippen molar-refractivity contribution in [3.63, 3.8) is 0 Å². The summed E-state index contributed by atoms with van der Waals surface area (Å²) in [6.45, 7) is 3.03. The summed E-state index contributed by atoms with van der Waals surface area (Å²) in [4.78, 5) is 13.0. The monoisotopic (exact) mass is 438 g/mol. The van der Waals surface area contributed by atoms with Crippen molar-refractivity contribution in [2.45, 2.75) is 31.2 Å². The lowest BCUT2D eigenvalue weighted by Crippen LogP contribution is -2.50. The molecule has 5 heteroatoms. The van der Waals surface area contributed by atoms with E-state index in [0.717, 1.165) is 35.7 Å². The van der Waals surface area contributed by atoms with E-state index >= 15 is 0 Å². The number of halogens is 2. The molecular weight excluding hydrogens is 415 g/mol. The predicted octanol–water partition coefficient (Wildman–Crippen LogP) is 6.30. The van der Waals surface area contributed by atoms with Crippen molar-refractivity contribution < 1.29 is 4.79 Å². The first-order chi connectivity index (χ1) is 14.5. The van der Waals surface area contributed by atoms with Crippen LogP contribution in [0.15, 0.2) is 72.8 Å². The minimum Gasteiger partial charge on any atom is -0.325 e. The van der Waals surface area contributed by atoms with Crippen molar-refractivity contribution >= 4 is 34.8 Å². The first kappa shape index (κ1) is 20.9. The van der Waals surface area contributed by atoms with Crippen LogP contribution < -0.4 is 10.6 Å². The lowest BCUT2D eigenvalue weighted by Gasteiger charge is -2.41. The van der Waals surface area contributed by atoms with Crippen LogP contribution >= 0.6 is 23.2 Å². The van der Waals surface area contributed by atoms with Gasteiger partial charge >= 0.3 is 0 Å². The molecule has 1 fully saturated rings. The van der Waals surface area contributed by atoms with Crippen LogP contribution in [0.2, 0.25) is 10.0 Å². The van der Waals surface area contributed by atoms with E-state index in [1.165, 1.54) is 11.1 Å². The molecular formula is C25H24Cl2N2O. The van der Waals surface area contributed by atoms with Gasteiger partial charge in [-0.05, 0) is 67.3 Å². The molecule has 1 spiro atoms. The van der Waals surface area contributed by atoms with Crippen molar-refractivity contribution in [2.75, 3.05) is 11.9 Å². The summed E-state index contributed by atoms with van der Waals surface area (Å²) in [7, 11) is 0. The van der Waals surface area contributed by atoms with Crippen LogP contribution in [-0.4, -0.2) is 12.5 Å². The number of anilines is 1. The van der Waals surface area contributed by atoms with Crippen LogP contribution in [0.3, 0.4) is 0 Å². The highest BCUT2D eigenvalue weighted by molar-refractivity contribution is 6.31. The second kappa shape index (κ2) is 8.81. The van der Waals surface area contributed by atoms with Crippen molar-refractivity contribution in [1.82, 2.24) is 5.32 Å². The van der Waals surface area contributed by atoms with E-state index < -0.39 is 5.41 Å². The van der Waals surface area contributed by atoms with E-state index in [1.54, 1.807) is 0 Å². The van der Waals surface area contributed by atoms with Gasteiger partial charge in [0.2, 0.25) is 5.91 Å². The first-order valence-corrected chi connectivity index (χ1v) is 10.9. The third-order valence-corrected chi connectivity index (χ3v) is 6.42. The quantitative estimate of drug-likeness (QED) is 0.467. The van der Waals surface area contributed by atoms with Crippen LogP contribution in [0.5, 0.6) is 0 Å². The topological polar surface area (TPSA) is 41.1 Å². The number of aryl methyl sites for hydroxylation is 1. The number of carbonyl (C=O) groups is 1. The number of fused-ring (bicyclic) bond motifs is 2. The Kier molecular flexibility index (Phi) is 6.14. The third kappa shape index (κ3) is 3.85. The fraction of sp³-hybridized carbons (Fsp3) is 0.240. The van der Waals surface area contributed by atoms with E-state index in [4.69, 9.17) is 23.2 Å². The van der Waals surface area contributed by atoms with Gasteiger partial charge in [-0.3, -0.25) is 4.79 Å². The Morgan fingerprint density at radius 1 is 0.933 bits per heavy atom. The molecule has 30 heavy (non-hydrogen) atoms. The average Bonchev–Trinajstić information content (AvgIpc) is 3.01. The van der Waals surface area contributed by atoms with Crippen LogP contribution in [-0.2, 0) is 10.2 Å². The molecule has 0 radical (unpaired) electrons. The summed E-state index contributed by atoms with van der Waals surface area (Å²) in [5.41, 5.74) is 3.77. The van der Waals surface area contributed by atoms with Crippen LogP contribution in [0.4, 0.5) is 5.69 Å². The largest absolute Gasteiger partial charge is 0.325 e. The number of carbonyl (C=O) groups excluding carboxylic acids is 1. The summed E-state index contributed by atoms with van der Waals surface area (Å²) in [5, 5.41) is 8.10. The van der Waals surface area contributed by atoms with Gasteiger partial charge < -0.3 is 10.6 Å². The molecule has 0 saturated carbocycles. The number of nitrogens with one attached hydrogen (secondary N) is 2. The summed E-state index contributed by atoms with van der Waals surface area (Å²) >= 11 is 11.6. The smallest absolute Gasteiger partial charge is 0.237 e. The maximum Gasteiger partial charge on any atom is 0.237 e. The van der Waals surface area contributed by atoms with Gasteiger partial charge in [-0.25, -0.2) is 0 Å². The van der Waals surface area contributed by atoms with E-state index in [-0.39, 0.29) is 11.9 Å². The van der Waals surface area contributed by atoms with E-state index in [1.807, 2.05) is 60.7 Å². The Bertz CT molecular complexity index is 1050. The van der Waals surface area contributed by atoms with Crippen LogP contribution in [0, 0.1) is 6.92 Å². The molecule has 2 atom stereocenters. The molecule has 2 aliphatic heterocycles. The number of amides is 1. The molecule has 2 heterocycles. The number of hydrogen-bond donors (Lipinski definition) is 2. The second-order valence-electron chi connectivity index (χ2n) is 7.76. The molecule has 5 rings (SSSR count). The molecule has 154 valence electrons. The number of rotatable bonds is 1. The molecule has 1 saturated heterocycles. The van der Waals surface area contributed by atoms with Gasteiger partial charge in [0.15, 0.2) is 0 Å². The van der Waals surface area contributed by atoms with Crippen molar-refractivity contribution in [3.05, 3.63) is 99.5 Å². The molecule has 2 N–H and O–H groups in total. The zero-order valence-electron chi connectivity index (χ0n) is 16.8. The third-order valence-electron chi connectivity index (χ3n) is 5.94. The van der Waals surface area contributed by atoms with Crippen LogP contribution in [0.25, 0.3) is 0 Å². The van der Waals surface area contributed by atoms with Gasteiger partial charge in [-0.2, -0.15) is 0 Å². The van der Waals surface area contributed by atoms with Gasteiger partial charge in [0.25, 0.3) is 0 Å². The number of piperidine rings is 1. The second-order valence-corrected chi connectivity index (χ2v) is 8.63. The van der Waals surface area contributed by atoms with E-state index in [9.17, 15) is 4.79 Å². The average molecular weight is 439 g/mol. The molecule has 2 aliphatic rings. The normalized spacial score (nSPS) is 22.1. The van der Waals surface area contributed by atoms with Gasteiger partial charge in [-0.15, -0.1) is 0 Å². The van der Waals surface area contributed by atoms with Gasteiger partial charge in [0.1, 0.15) is 0 Å². The molecule has 3 aromatic carbocycles. The Labute approximate surface area is 187 Å². The summed E-state index contributed by atoms with van der Waals surface area (Å²) in [6.07, 6.45) is 1.83. The molecule has 3 nitrogen and oxygen atoms in total. The van der Waals surface area contributed by atoms with Crippen molar-refractivity contribution in [3.8, 4) is 0 Å². The highest BCUT2D eigenvalue weighted by Crippen LogP contribution is 2.51. The molecule has 1 amide bonds. The Hall–Kier alpha value is -2.33. The Morgan fingerprint density at radius 3 is 2.37 bits per heavy atom. The van der Waals surface area contributed by atoms with Crippen molar-refractivity contribution in [1.29, 1.82) is 0 Å². The number of hydrogen-bond acceptors (Lipinski definition) is 2. The predicted molar refractivity (Wildman–Crippen MR) is 124 cm³/mol. The van der Waals surface area contributed by atoms with E-state index in [2.05, 4.69) is 29.7 Å². The Balaban J connectivity index is 0.000000265. The zero-order valence-corrected chi connectivity index (χ0v) is 18.3. The summed E-state index contributed by atoms with van der Waals surface area (Å²) in [6, 6.07) is 23.5. The standard InChI is InChI=1S/C19H19ClN2O.C6H5Cl/c1-12-5-2-3-6-14(12)17-19(9-4-10-21-17)15-8-7-13(20)11-16(15)22-18(19)23;7-6-4-2-1-3-5-6/h2-3,5-8,11,17,21H,4,9-10H2,1H3,(H,22,23);1-5H/t17-,19-;/m1./s1. The lowest BCUT2D eigenvalue weighted by molar-refractivity contribution is -0.123. The van der Waals surface area contributed by atoms with Crippen molar-refractivity contribution in [2.24, 2.45) is 0 Å². The highest BCUT2D eigenvalue weighted by atomic mass is 35.5. The van der Waals surface area contributed by atoms with Gasteiger partial charge in [-0.1, -0.05) is 71.7 Å². The highest BCUT2D eigenvalue weighted by Gasteiger charge is 2.53. The summed E-state index contributed by atoms with van der Waals surface area (Å²) < 4.78 is 0. The Morgan fingerprint density at radius 2 is 1.67 bits per heavy atom. The fourth-order valence-corrected chi connectivity index (χ4v) is 4.85. The van der Waals surface area contributed by atoms with Gasteiger partial charge in [0.05, 0.1) is 11.5 Å². The van der Waals surface area contributed by atoms with Gasteiger partial charge in [0, 0.05) is 15.7 Å². The molecule has 0 aromatic heterocycles. The minimum atomic E-state index is -0.551. The molecule has 0 unspecified atom stereocenters.